The molecule has 2 aliphatic heterocycles. The molecule has 0 aliphatic carbocycles. The lowest BCUT2D eigenvalue weighted by atomic mass is 9.84. The standard InChI is InChI=1S/C26H21ClN4O3/c1-32-17-9-10-18(21(13-17)33-2)25-22-23(19-12-16(27)8-11-20(19)34-25)30-26-28-14-29-31(26)24(22)15-6-4-3-5-7-15/h3-14,24-25H,1-2H3,(H,28,29,30)/t24-,25+/m1/s1. The zero-order valence-electron chi connectivity index (χ0n) is 18.5. The van der Waals surface area contributed by atoms with Crippen molar-refractivity contribution in [2.45, 2.75) is 12.1 Å². The molecule has 3 aromatic carbocycles. The first kappa shape index (κ1) is 20.6. The summed E-state index contributed by atoms with van der Waals surface area (Å²) in [7, 11) is 3.28. The van der Waals surface area contributed by atoms with E-state index in [1.165, 1.54) is 0 Å². The number of hydrogen-bond donors (Lipinski definition) is 1. The highest BCUT2D eigenvalue weighted by atomic mass is 35.5. The number of nitrogens with zero attached hydrogens (tertiary/aromatic N) is 3. The average Bonchev–Trinajstić information content (AvgIpc) is 3.35. The lowest BCUT2D eigenvalue weighted by Crippen LogP contribution is -2.32. The molecule has 4 aromatic rings. The number of anilines is 1. The van der Waals surface area contributed by atoms with Crippen LogP contribution in [0.15, 0.2) is 78.6 Å². The quantitative estimate of drug-likeness (QED) is 0.422. The van der Waals surface area contributed by atoms with Crippen molar-refractivity contribution in [1.29, 1.82) is 0 Å². The maximum Gasteiger partial charge on any atom is 0.226 e. The predicted molar refractivity (Wildman–Crippen MR) is 130 cm³/mol. The molecule has 0 spiro atoms. The Balaban J connectivity index is 1.64. The summed E-state index contributed by atoms with van der Waals surface area (Å²) in [6.45, 7) is 0. The Hall–Kier alpha value is -3.97. The van der Waals surface area contributed by atoms with E-state index in [4.69, 9.17) is 25.8 Å². The molecule has 0 saturated heterocycles. The van der Waals surface area contributed by atoms with Gasteiger partial charge in [0.15, 0.2) is 6.10 Å². The highest BCUT2D eigenvalue weighted by molar-refractivity contribution is 6.30. The summed E-state index contributed by atoms with van der Waals surface area (Å²) >= 11 is 6.40. The van der Waals surface area contributed by atoms with E-state index in [2.05, 4.69) is 27.5 Å². The lowest BCUT2D eigenvalue weighted by Gasteiger charge is -2.39. The maximum absolute atomic E-state index is 6.66. The molecule has 0 saturated carbocycles. The molecule has 34 heavy (non-hydrogen) atoms. The Bertz CT molecular complexity index is 1420. The van der Waals surface area contributed by atoms with E-state index in [9.17, 15) is 0 Å². The van der Waals surface area contributed by atoms with Crippen molar-refractivity contribution in [1.82, 2.24) is 14.8 Å². The monoisotopic (exact) mass is 472 g/mol. The molecule has 1 N–H and O–H groups in total. The first-order valence-electron chi connectivity index (χ1n) is 10.8. The topological polar surface area (TPSA) is 70.4 Å². The minimum absolute atomic E-state index is 0.251. The summed E-state index contributed by atoms with van der Waals surface area (Å²) in [6, 6.07) is 21.3. The van der Waals surface area contributed by atoms with Gasteiger partial charge in [-0.05, 0) is 35.9 Å². The van der Waals surface area contributed by atoms with Gasteiger partial charge in [0.05, 0.1) is 19.9 Å². The van der Waals surface area contributed by atoms with Crippen LogP contribution in [0.2, 0.25) is 5.02 Å². The summed E-state index contributed by atoms with van der Waals surface area (Å²) in [5, 5.41) is 8.66. The summed E-state index contributed by atoms with van der Waals surface area (Å²) in [5.41, 5.74) is 4.71. The van der Waals surface area contributed by atoms with E-state index in [1.807, 2.05) is 59.3 Å². The van der Waals surface area contributed by atoms with Gasteiger partial charge in [0.1, 0.15) is 29.6 Å². The summed E-state index contributed by atoms with van der Waals surface area (Å²) in [4.78, 5) is 4.46. The average molecular weight is 473 g/mol. The van der Waals surface area contributed by atoms with Crippen molar-refractivity contribution in [3.8, 4) is 17.2 Å². The van der Waals surface area contributed by atoms with Gasteiger partial charge in [0, 0.05) is 27.8 Å². The third kappa shape index (κ3) is 3.20. The fourth-order valence-corrected chi connectivity index (χ4v) is 4.86. The van der Waals surface area contributed by atoms with Crippen molar-refractivity contribution in [3.63, 3.8) is 0 Å². The number of halogens is 1. The number of methoxy groups -OCH3 is 2. The van der Waals surface area contributed by atoms with Gasteiger partial charge >= 0.3 is 0 Å². The second kappa shape index (κ2) is 8.11. The molecule has 3 heterocycles. The van der Waals surface area contributed by atoms with Crippen LogP contribution in [0.3, 0.4) is 0 Å². The Kier molecular flexibility index (Phi) is 4.92. The van der Waals surface area contributed by atoms with Gasteiger partial charge in [-0.2, -0.15) is 10.1 Å². The Morgan fingerprint density at radius 2 is 1.85 bits per heavy atom. The first-order valence-corrected chi connectivity index (χ1v) is 11.2. The highest BCUT2D eigenvalue weighted by Gasteiger charge is 2.42. The van der Waals surface area contributed by atoms with Crippen LogP contribution in [0, 0.1) is 0 Å². The van der Waals surface area contributed by atoms with Crippen LogP contribution in [0.5, 0.6) is 17.2 Å². The molecule has 0 fully saturated rings. The van der Waals surface area contributed by atoms with Crippen molar-refractivity contribution < 1.29 is 14.2 Å². The fraction of sp³-hybridized carbons (Fsp3) is 0.154. The largest absolute Gasteiger partial charge is 0.497 e. The van der Waals surface area contributed by atoms with Crippen LogP contribution in [-0.2, 0) is 0 Å². The molecule has 0 radical (unpaired) electrons. The predicted octanol–water partition coefficient (Wildman–Crippen LogP) is 5.51. The second-order valence-corrected chi connectivity index (χ2v) is 8.48. The Labute approximate surface area is 201 Å². The van der Waals surface area contributed by atoms with Gasteiger partial charge in [-0.15, -0.1) is 0 Å². The number of benzene rings is 3. The van der Waals surface area contributed by atoms with Crippen LogP contribution < -0.4 is 19.5 Å². The second-order valence-electron chi connectivity index (χ2n) is 8.04. The van der Waals surface area contributed by atoms with Crippen LogP contribution >= 0.6 is 11.6 Å². The van der Waals surface area contributed by atoms with E-state index >= 15 is 0 Å². The molecular weight excluding hydrogens is 452 g/mol. The van der Waals surface area contributed by atoms with E-state index in [1.54, 1.807) is 20.5 Å². The summed E-state index contributed by atoms with van der Waals surface area (Å²) in [5.74, 6) is 2.75. The van der Waals surface area contributed by atoms with Crippen molar-refractivity contribution in [3.05, 3.63) is 100 Å². The third-order valence-corrected chi connectivity index (χ3v) is 6.45. The SMILES string of the molecule is COc1ccc([C@@H]2Oc3ccc(Cl)cc3C3=C2[C@@H](c2ccccc2)n2ncnc2N3)c(OC)c1. The maximum atomic E-state index is 6.66. The molecular formula is C26H21ClN4O3. The first-order chi connectivity index (χ1) is 16.7. The van der Waals surface area contributed by atoms with Gasteiger partial charge in [-0.1, -0.05) is 41.9 Å². The molecule has 6 rings (SSSR count). The van der Waals surface area contributed by atoms with Gasteiger partial charge in [0.2, 0.25) is 5.95 Å². The van der Waals surface area contributed by atoms with Crippen molar-refractivity contribution in [2.24, 2.45) is 0 Å². The molecule has 0 unspecified atom stereocenters. The zero-order chi connectivity index (χ0) is 23.2. The van der Waals surface area contributed by atoms with Crippen LogP contribution in [0.1, 0.15) is 28.8 Å². The number of fused-ring (bicyclic) bond motifs is 3. The minimum atomic E-state index is -0.459. The molecule has 0 amide bonds. The smallest absolute Gasteiger partial charge is 0.226 e. The molecule has 2 aliphatic rings. The molecule has 170 valence electrons. The van der Waals surface area contributed by atoms with Crippen molar-refractivity contribution >= 4 is 23.2 Å². The van der Waals surface area contributed by atoms with Gasteiger partial charge in [0.25, 0.3) is 0 Å². The number of aromatic nitrogens is 3. The summed E-state index contributed by atoms with van der Waals surface area (Å²) in [6.07, 6.45) is 1.10. The zero-order valence-corrected chi connectivity index (χ0v) is 19.3. The Morgan fingerprint density at radius 3 is 2.65 bits per heavy atom. The lowest BCUT2D eigenvalue weighted by molar-refractivity contribution is 0.217. The number of nitrogens with one attached hydrogen (secondary N) is 1. The molecule has 1 aromatic heterocycles. The van der Waals surface area contributed by atoms with Crippen LogP contribution in [0.25, 0.3) is 5.70 Å². The number of rotatable bonds is 4. The summed E-state index contributed by atoms with van der Waals surface area (Å²) < 4.78 is 19.7. The van der Waals surface area contributed by atoms with Gasteiger partial charge in [-0.25, -0.2) is 4.68 Å². The minimum Gasteiger partial charge on any atom is -0.497 e. The molecule has 2 atom stereocenters. The fourth-order valence-electron chi connectivity index (χ4n) is 4.69. The molecule has 0 bridgehead atoms. The number of ether oxygens (including phenoxy) is 3. The van der Waals surface area contributed by atoms with Crippen LogP contribution in [-0.4, -0.2) is 29.0 Å². The molecule has 7 nitrogen and oxygen atoms in total. The Morgan fingerprint density at radius 1 is 1.00 bits per heavy atom. The highest BCUT2D eigenvalue weighted by Crippen LogP contribution is 2.52. The molecule has 8 heteroatoms. The van der Waals surface area contributed by atoms with Gasteiger partial charge in [-0.3, -0.25) is 0 Å². The van der Waals surface area contributed by atoms with E-state index in [-0.39, 0.29) is 6.04 Å². The number of hydrogen-bond acceptors (Lipinski definition) is 6. The van der Waals surface area contributed by atoms with E-state index in [0.717, 1.165) is 33.7 Å². The van der Waals surface area contributed by atoms with Crippen molar-refractivity contribution in [2.75, 3.05) is 19.5 Å². The van der Waals surface area contributed by atoms with E-state index in [0.29, 0.717) is 22.5 Å². The van der Waals surface area contributed by atoms with Crippen LogP contribution in [0.4, 0.5) is 5.95 Å². The third-order valence-electron chi connectivity index (χ3n) is 6.21. The van der Waals surface area contributed by atoms with Gasteiger partial charge < -0.3 is 19.5 Å². The normalized spacial score (nSPS) is 18.2. The van der Waals surface area contributed by atoms with E-state index < -0.39 is 6.10 Å².